The highest BCUT2D eigenvalue weighted by molar-refractivity contribution is 5.33. The summed E-state index contributed by atoms with van der Waals surface area (Å²) in [6, 6.07) is 11.6. The molecule has 2 nitrogen and oxygen atoms in total. The molecular formula is C17H18F2O2. The van der Waals surface area contributed by atoms with Crippen molar-refractivity contribution in [3.05, 3.63) is 65.2 Å². The first kappa shape index (κ1) is 15.4. The van der Waals surface area contributed by atoms with Crippen LogP contribution in [0.2, 0.25) is 0 Å². The SMILES string of the molecule is COc1ccccc1CC(CO)Cc1cccc(F)c1F. The molecule has 0 aliphatic carbocycles. The second-order valence-corrected chi connectivity index (χ2v) is 4.98. The van der Waals surface area contributed by atoms with Crippen molar-refractivity contribution in [1.29, 1.82) is 0 Å². The third-order valence-corrected chi connectivity index (χ3v) is 3.50. The zero-order chi connectivity index (χ0) is 15.2. The average molecular weight is 292 g/mol. The van der Waals surface area contributed by atoms with E-state index in [0.29, 0.717) is 6.42 Å². The molecule has 0 heterocycles. The number of hydrogen-bond acceptors (Lipinski definition) is 2. The summed E-state index contributed by atoms with van der Waals surface area (Å²) in [7, 11) is 1.58. The maximum absolute atomic E-state index is 13.7. The molecule has 2 rings (SSSR count). The second-order valence-electron chi connectivity index (χ2n) is 4.98. The Morgan fingerprint density at radius 2 is 1.67 bits per heavy atom. The van der Waals surface area contributed by atoms with Crippen molar-refractivity contribution >= 4 is 0 Å². The molecule has 0 bridgehead atoms. The summed E-state index contributed by atoms with van der Waals surface area (Å²) < 4.78 is 32.2. The van der Waals surface area contributed by atoms with Gasteiger partial charge >= 0.3 is 0 Å². The Balaban J connectivity index is 2.15. The lowest BCUT2D eigenvalue weighted by molar-refractivity contribution is 0.223. The lowest BCUT2D eigenvalue weighted by Gasteiger charge is -2.16. The summed E-state index contributed by atoms with van der Waals surface area (Å²) in [5.41, 5.74) is 1.22. The topological polar surface area (TPSA) is 29.5 Å². The van der Waals surface area contributed by atoms with Gasteiger partial charge in [0.15, 0.2) is 11.6 Å². The van der Waals surface area contributed by atoms with Crippen LogP contribution in [0.5, 0.6) is 5.75 Å². The standard InChI is InChI=1S/C17H18F2O2/c1-21-16-8-3-2-5-13(16)9-12(11-20)10-14-6-4-7-15(18)17(14)19/h2-8,12,20H,9-11H2,1H3. The zero-order valence-corrected chi connectivity index (χ0v) is 11.9. The molecule has 112 valence electrons. The van der Waals surface area contributed by atoms with Gasteiger partial charge in [-0.05, 0) is 42.0 Å². The normalized spacial score (nSPS) is 12.2. The average Bonchev–Trinajstić information content (AvgIpc) is 2.51. The van der Waals surface area contributed by atoms with Gasteiger partial charge in [0.2, 0.25) is 0 Å². The van der Waals surface area contributed by atoms with Gasteiger partial charge in [-0.15, -0.1) is 0 Å². The molecular weight excluding hydrogens is 274 g/mol. The molecule has 0 saturated carbocycles. The largest absolute Gasteiger partial charge is 0.496 e. The van der Waals surface area contributed by atoms with E-state index in [1.807, 2.05) is 24.3 Å². The van der Waals surface area contributed by atoms with Crippen molar-refractivity contribution in [1.82, 2.24) is 0 Å². The van der Waals surface area contributed by atoms with E-state index >= 15 is 0 Å². The number of benzene rings is 2. The predicted molar refractivity (Wildman–Crippen MR) is 77.3 cm³/mol. The van der Waals surface area contributed by atoms with Crippen LogP contribution in [0.15, 0.2) is 42.5 Å². The third-order valence-electron chi connectivity index (χ3n) is 3.50. The first-order valence-electron chi connectivity index (χ1n) is 6.81. The van der Waals surface area contributed by atoms with E-state index in [1.165, 1.54) is 6.07 Å². The molecule has 0 saturated heterocycles. The molecule has 0 aliphatic heterocycles. The Morgan fingerprint density at radius 3 is 2.38 bits per heavy atom. The highest BCUT2D eigenvalue weighted by atomic mass is 19.2. The number of halogens is 2. The number of hydrogen-bond donors (Lipinski definition) is 1. The van der Waals surface area contributed by atoms with Crippen LogP contribution in [0.25, 0.3) is 0 Å². The Bertz CT molecular complexity index is 599. The quantitative estimate of drug-likeness (QED) is 0.884. The van der Waals surface area contributed by atoms with Crippen LogP contribution in [0.4, 0.5) is 8.78 Å². The number of ether oxygens (including phenoxy) is 1. The maximum Gasteiger partial charge on any atom is 0.162 e. The van der Waals surface area contributed by atoms with Crippen LogP contribution >= 0.6 is 0 Å². The molecule has 2 aromatic rings. The van der Waals surface area contributed by atoms with Gasteiger partial charge in [0.05, 0.1) is 7.11 Å². The van der Waals surface area contributed by atoms with Gasteiger partial charge in [0.1, 0.15) is 5.75 Å². The first-order valence-corrected chi connectivity index (χ1v) is 6.81. The first-order chi connectivity index (χ1) is 10.2. The number of para-hydroxylation sites is 1. The van der Waals surface area contributed by atoms with E-state index in [0.717, 1.165) is 17.4 Å². The zero-order valence-electron chi connectivity index (χ0n) is 11.9. The minimum Gasteiger partial charge on any atom is -0.496 e. The second kappa shape index (κ2) is 7.18. The molecule has 0 aromatic heterocycles. The van der Waals surface area contributed by atoms with Crippen LogP contribution in [-0.2, 0) is 12.8 Å². The molecule has 1 N–H and O–H groups in total. The van der Waals surface area contributed by atoms with Crippen LogP contribution in [0.3, 0.4) is 0 Å². The van der Waals surface area contributed by atoms with E-state index in [2.05, 4.69) is 0 Å². The molecule has 0 aliphatic rings. The van der Waals surface area contributed by atoms with Gasteiger partial charge in [-0.1, -0.05) is 30.3 Å². The summed E-state index contributed by atoms with van der Waals surface area (Å²) >= 11 is 0. The number of rotatable bonds is 6. The third kappa shape index (κ3) is 3.79. The fourth-order valence-electron chi connectivity index (χ4n) is 2.40. The molecule has 1 atom stereocenters. The van der Waals surface area contributed by atoms with Gasteiger partial charge in [-0.2, -0.15) is 0 Å². The summed E-state index contributed by atoms with van der Waals surface area (Å²) in [6.07, 6.45) is 0.814. The summed E-state index contributed by atoms with van der Waals surface area (Å²) in [5.74, 6) is -1.16. The molecule has 21 heavy (non-hydrogen) atoms. The Labute approximate surface area is 123 Å². The van der Waals surface area contributed by atoms with E-state index < -0.39 is 11.6 Å². The number of aliphatic hydroxyl groups excluding tert-OH is 1. The van der Waals surface area contributed by atoms with Crippen LogP contribution in [0.1, 0.15) is 11.1 Å². The van der Waals surface area contributed by atoms with Crippen molar-refractivity contribution in [2.45, 2.75) is 12.8 Å². The van der Waals surface area contributed by atoms with E-state index in [9.17, 15) is 13.9 Å². The highest BCUT2D eigenvalue weighted by Gasteiger charge is 2.16. The Kier molecular flexibility index (Phi) is 5.28. The molecule has 1 unspecified atom stereocenters. The van der Waals surface area contributed by atoms with Crippen molar-refractivity contribution in [2.75, 3.05) is 13.7 Å². The summed E-state index contributed by atoms with van der Waals surface area (Å²) in [4.78, 5) is 0. The lowest BCUT2D eigenvalue weighted by atomic mass is 9.92. The van der Waals surface area contributed by atoms with Crippen molar-refractivity contribution in [2.24, 2.45) is 5.92 Å². The number of methoxy groups -OCH3 is 1. The molecule has 4 heteroatoms. The van der Waals surface area contributed by atoms with Gasteiger partial charge in [-0.25, -0.2) is 8.78 Å². The minimum atomic E-state index is -0.860. The van der Waals surface area contributed by atoms with Crippen molar-refractivity contribution in [3.8, 4) is 5.75 Å². The van der Waals surface area contributed by atoms with Crippen LogP contribution < -0.4 is 4.74 Å². The smallest absolute Gasteiger partial charge is 0.162 e. The van der Waals surface area contributed by atoms with E-state index in [1.54, 1.807) is 13.2 Å². The maximum atomic E-state index is 13.7. The van der Waals surface area contributed by atoms with Gasteiger partial charge in [0, 0.05) is 6.61 Å². The molecule has 2 aromatic carbocycles. The van der Waals surface area contributed by atoms with E-state index in [-0.39, 0.29) is 24.5 Å². The van der Waals surface area contributed by atoms with Crippen molar-refractivity contribution < 1.29 is 18.6 Å². The minimum absolute atomic E-state index is 0.103. The van der Waals surface area contributed by atoms with E-state index in [4.69, 9.17) is 4.74 Å². The summed E-state index contributed by atoms with van der Waals surface area (Å²) in [6.45, 7) is -0.103. The molecule has 0 radical (unpaired) electrons. The van der Waals surface area contributed by atoms with Gasteiger partial charge in [-0.3, -0.25) is 0 Å². The summed E-state index contributed by atoms with van der Waals surface area (Å²) in [5, 5.41) is 9.52. The molecule has 0 amide bonds. The fourth-order valence-corrected chi connectivity index (χ4v) is 2.40. The predicted octanol–water partition coefficient (Wildman–Crippen LogP) is 3.37. The van der Waals surface area contributed by atoms with Crippen LogP contribution in [-0.4, -0.2) is 18.8 Å². The lowest BCUT2D eigenvalue weighted by Crippen LogP contribution is -2.14. The molecule has 0 fully saturated rings. The van der Waals surface area contributed by atoms with Crippen molar-refractivity contribution in [3.63, 3.8) is 0 Å². The number of aliphatic hydroxyl groups is 1. The van der Waals surface area contributed by atoms with Crippen LogP contribution in [0, 0.1) is 17.6 Å². The molecule has 0 spiro atoms. The fraction of sp³-hybridized carbons (Fsp3) is 0.294. The highest BCUT2D eigenvalue weighted by Crippen LogP contribution is 2.24. The Hall–Kier alpha value is -1.94. The van der Waals surface area contributed by atoms with Gasteiger partial charge < -0.3 is 9.84 Å². The monoisotopic (exact) mass is 292 g/mol. The Morgan fingerprint density at radius 1 is 1.00 bits per heavy atom. The van der Waals surface area contributed by atoms with Gasteiger partial charge in [0.25, 0.3) is 0 Å².